The van der Waals surface area contributed by atoms with Gasteiger partial charge in [-0.15, -0.1) is 0 Å². The summed E-state index contributed by atoms with van der Waals surface area (Å²) in [5.74, 6) is -0.710. The van der Waals surface area contributed by atoms with Gasteiger partial charge in [-0.05, 0) is 30.3 Å². The number of methoxy groups -OCH3 is 2. The smallest absolute Gasteiger partial charge is 0.338 e. The minimum Gasteiger partial charge on any atom is -0.508 e. The molecular weight excluding hydrogens is 428 g/mol. The van der Waals surface area contributed by atoms with Crippen molar-refractivity contribution in [1.82, 2.24) is 0 Å². The molecule has 11 heteroatoms. The number of phenolic OH excluding ortho intramolecular Hbond substituents is 2. The highest BCUT2D eigenvalue weighted by Crippen LogP contribution is 2.34. The molecular formula is C21H24O11. The van der Waals surface area contributed by atoms with Crippen LogP contribution in [0.25, 0.3) is 0 Å². The summed E-state index contributed by atoms with van der Waals surface area (Å²) < 4.78 is 26.3. The normalized spacial score (nSPS) is 25.1. The molecule has 5 N–H and O–H groups in total. The van der Waals surface area contributed by atoms with Crippen molar-refractivity contribution in [1.29, 1.82) is 0 Å². The van der Waals surface area contributed by atoms with Crippen LogP contribution in [-0.2, 0) is 9.47 Å². The lowest BCUT2D eigenvalue weighted by Gasteiger charge is -2.40. The Labute approximate surface area is 182 Å². The fraction of sp³-hybridized carbons (Fsp3) is 0.381. The van der Waals surface area contributed by atoms with E-state index in [1.807, 2.05) is 0 Å². The number of benzene rings is 2. The number of carbonyl (C=O) groups is 1. The lowest BCUT2D eigenvalue weighted by atomic mass is 9.99. The summed E-state index contributed by atoms with van der Waals surface area (Å²) in [5, 5.41) is 49.9. The maximum Gasteiger partial charge on any atom is 0.338 e. The molecule has 3 rings (SSSR count). The molecule has 2 aromatic carbocycles. The summed E-state index contributed by atoms with van der Waals surface area (Å²) in [7, 11) is 2.67. The molecule has 1 aliphatic heterocycles. The summed E-state index contributed by atoms with van der Waals surface area (Å²) in [5.41, 5.74) is 0.0761. The molecule has 5 atom stereocenters. The van der Waals surface area contributed by atoms with Gasteiger partial charge in [-0.2, -0.15) is 0 Å². The Morgan fingerprint density at radius 2 is 1.62 bits per heavy atom. The third-order valence-corrected chi connectivity index (χ3v) is 4.85. The van der Waals surface area contributed by atoms with Crippen molar-refractivity contribution in [2.45, 2.75) is 30.7 Å². The van der Waals surface area contributed by atoms with Crippen molar-refractivity contribution in [3.63, 3.8) is 0 Å². The van der Waals surface area contributed by atoms with Crippen LogP contribution >= 0.6 is 0 Å². The lowest BCUT2D eigenvalue weighted by molar-refractivity contribution is -0.277. The number of hydrogen-bond donors (Lipinski definition) is 5. The highest BCUT2D eigenvalue weighted by atomic mass is 16.7. The first-order valence-corrected chi connectivity index (χ1v) is 9.52. The molecule has 1 heterocycles. The molecule has 0 saturated carbocycles. The van der Waals surface area contributed by atoms with E-state index in [1.54, 1.807) is 0 Å². The van der Waals surface area contributed by atoms with Gasteiger partial charge in [-0.25, -0.2) is 4.79 Å². The van der Waals surface area contributed by atoms with Crippen molar-refractivity contribution < 1.29 is 54.0 Å². The highest BCUT2D eigenvalue weighted by Gasteiger charge is 2.45. The third kappa shape index (κ3) is 4.97. The van der Waals surface area contributed by atoms with E-state index in [0.717, 1.165) is 0 Å². The second kappa shape index (κ2) is 9.92. The van der Waals surface area contributed by atoms with Crippen LogP contribution in [0.2, 0.25) is 0 Å². The molecule has 32 heavy (non-hydrogen) atoms. The minimum absolute atomic E-state index is 0.0725. The maximum atomic E-state index is 12.3. The van der Waals surface area contributed by atoms with Gasteiger partial charge in [0.25, 0.3) is 0 Å². The Hall–Kier alpha value is -3.25. The van der Waals surface area contributed by atoms with Gasteiger partial charge < -0.3 is 49.2 Å². The van der Waals surface area contributed by atoms with Gasteiger partial charge in [0.2, 0.25) is 6.29 Å². The Morgan fingerprint density at radius 1 is 0.906 bits per heavy atom. The Morgan fingerprint density at radius 3 is 2.31 bits per heavy atom. The molecule has 1 fully saturated rings. The zero-order valence-electron chi connectivity index (χ0n) is 17.2. The van der Waals surface area contributed by atoms with Gasteiger partial charge in [0.15, 0.2) is 23.0 Å². The van der Waals surface area contributed by atoms with Crippen molar-refractivity contribution in [3.05, 3.63) is 42.0 Å². The second-order valence-electron chi connectivity index (χ2n) is 6.95. The van der Waals surface area contributed by atoms with Crippen LogP contribution in [0.15, 0.2) is 36.4 Å². The van der Waals surface area contributed by atoms with E-state index < -0.39 is 43.3 Å². The number of aromatic hydroxyl groups is 2. The molecule has 0 amide bonds. The van der Waals surface area contributed by atoms with E-state index in [-0.39, 0.29) is 34.3 Å². The van der Waals surface area contributed by atoms with E-state index in [1.165, 1.54) is 50.6 Å². The fourth-order valence-electron chi connectivity index (χ4n) is 3.08. The zero-order chi connectivity index (χ0) is 23.4. The second-order valence-corrected chi connectivity index (χ2v) is 6.95. The number of hydrogen-bond acceptors (Lipinski definition) is 11. The summed E-state index contributed by atoms with van der Waals surface area (Å²) in [4.78, 5) is 12.3. The maximum absolute atomic E-state index is 12.3. The monoisotopic (exact) mass is 452 g/mol. The molecule has 174 valence electrons. The van der Waals surface area contributed by atoms with E-state index in [4.69, 9.17) is 23.7 Å². The Balaban J connectivity index is 1.69. The average molecular weight is 452 g/mol. The predicted molar refractivity (Wildman–Crippen MR) is 107 cm³/mol. The number of aliphatic hydroxyl groups excluding tert-OH is 3. The molecule has 0 bridgehead atoms. The molecule has 0 aliphatic carbocycles. The van der Waals surface area contributed by atoms with Crippen LogP contribution in [-0.4, -0.2) is 83.0 Å². The van der Waals surface area contributed by atoms with Gasteiger partial charge in [-0.3, -0.25) is 0 Å². The van der Waals surface area contributed by atoms with Gasteiger partial charge in [-0.1, -0.05) is 0 Å². The Bertz CT molecular complexity index is 947. The molecule has 0 spiro atoms. The average Bonchev–Trinajstić information content (AvgIpc) is 2.79. The van der Waals surface area contributed by atoms with Crippen LogP contribution in [0, 0.1) is 0 Å². The van der Waals surface area contributed by atoms with Gasteiger partial charge in [0, 0.05) is 6.07 Å². The first-order chi connectivity index (χ1) is 15.2. The van der Waals surface area contributed by atoms with E-state index >= 15 is 0 Å². The van der Waals surface area contributed by atoms with Crippen LogP contribution in [0.3, 0.4) is 0 Å². The van der Waals surface area contributed by atoms with Gasteiger partial charge in [0.05, 0.1) is 19.8 Å². The quantitative estimate of drug-likeness (QED) is 0.363. The van der Waals surface area contributed by atoms with Gasteiger partial charge in [0.1, 0.15) is 36.8 Å². The van der Waals surface area contributed by atoms with Crippen molar-refractivity contribution in [3.8, 4) is 28.7 Å². The summed E-state index contributed by atoms with van der Waals surface area (Å²) in [6.45, 7) is -0.473. The number of esters is 1. The van der Waals surface area contributed by atoms with Crippen LogP contribution in [0.5, 0.6) is 28.7 Å². The number of carbonyl (C=O) groups excluding carboxylic acids is 1. The number of ether oxygens (including phenoxy) is 5. The molecule has 2 aromatic rings. The molecule has 5 unspecified atom stereocenters. The summed E-state index contributed by atoms with van der Waals surface area (Å²) in [6.07, 6.45) is -7.53. The molecule has 0 radical (unpaired) electrons. The van der Waals surface area contributed by atoms with Crippen LogP contribution in [0.1, 0.15) is 10.4 Å². The summed E-state index contributed by atoms with van der Waals surface area (Å²) in [6, 6.07) is 7.83. The lowest BCUT2D eigenvalue weighted by Crippen LogP contribution is -2.60. The largest absolute Gasteiger partial charge is 0.508 e. The SMILES string of the molecule is COc1cc(C(=O)OCC2OC(Oc3ccc(O)cc3OC)C(O)C(O)C2O)ccc1O. The predicted octanol–water partition coefficient (Wildman–Crippen LogP) is 0.158. The number of aliphatic hydroxyl groups is 3. The highest BCUT2D eigenvalue weighted by molar-refractivity contribution is 5.90. The number of rotatable bonds is 7. The zero-order valence-corrected chi connectivity index (χ0v) is 17.2. The van der Waals surface area contributed by atoms with Crippen molar-refractivity contribution >= 4 is 5.97 Å². The summed E-state index contributed by atoms with van der Waals surface area (Å²) >= 11 is 0. The van der Waals surface area contributed by atoms with E-state index in [0.29, 0.717) is 0 Å². The third-order valence-electron chi connectivity index (χ3n) is 4.85. The molecule has 1 saturated heterocycles. The molecule has 0 aromatic heterocycles. The topological polar surface area (TPSA) is 164 Å². The van der Waals surface area contributed by atoms with E-state index in [9.17, 15) is 30.3 Å². The van der Waals surface area contributed by atoms with Crippen LogP contribution < -0.4 is 14.2 Å². The van der Waals surface area contributed by atoms with Gasteiger partial charge >= 0.3 is 5.97 Å². The van der Waals surface area contributed by atoms with Crippen molar-refractivity contribution in [2.24, 2.45) is 0 Å². The minimum atomic E-state index is -1.66. The molecule has 11 nitrogen and oxygen atoms in total. The van der Waals surface area contributed by atoms with Crippen molar-refractivity contribution in [2.75, 3.05) is 20.8 Å². The first-order valence-electron chi connectivity index (χ1n) is 9.52. The fourth-order valence-corrected chi connectivity index (χ4v) is 3.08. The first kappa shape index (κ1) is 23.4. The Kier molecular flexibility index (Phi) is 7.26. The van der Waals surface area contributed by atoms with Crippen LogP contribution in [0.4, 0.5) is 0 Å². The van der Waals surface area contributed by atoms with E-state index in [2.05, 4.69) is 0 Å². The molecule has 1 aliphatic rings. The standard InChI is InChI=1S/C21H24O11/c1-28-14-7-10(3-5-12(14)23)20(27)30-9-16-17(24)18(25)19(26)21(32-16)31-13-6-4-11(22)8-15(13)29-2/h3-8,16-19,21-26H,9H2,1-2H3. The number of phenols is 2.